The van der Waals surface area contributed by atoms with Crippen molar-refractivity contribution in [1.82, 2.24) is 14.7 Å². The highest BCUT2D eigenvalue weighted by Gasteiger charge is 2.23. The van der Waals surface area contributed by atoms with Gasteiger partial charge in [0.25, 0.3) is 5.91 Å². The minimum absolute atomic E-state index is 0.146. The van der Waals surface area contributed by atoms with Crippen LogP contribution in [0.25, 0.3) is 0 Å². The number of carbonyl (C=O) groups is 2. The van der Waals surface area contributed by atoms with Crippen LogP contribution in [0.3, 0.4) is 0 Å². The van der Waals surface area contributed by atoms with Gasteiger partial charge in [-0.25, -0.2) is 4.79 Å². The van der Waals surface area contributed by atoms with E-state index in [9.17, 15) is 9.59 Å². The monoisotopic (exact) mass is 368 g/mol. The molecule has 2 aliphatic rings. The first-order chi connectivity index (χ1) is 13.1. The third-order valence-corrected chi connectivity index (χ3v) is 5.39. The van der Waals surface area contributed by atoms with Crippen LogP contribution in [-0.2, 0) is 11.3 Å². The van der Waals surface area contributed by atoms with Crippen LogP contribution in [0.2, 0.25) is 0 Å². The Hall–Kier alpha value is -2.83. The Kier molecular flexibility index (Phi) is 4.83. The van der Waals surface area contributed by atoms with Crippen LogP contribution in [0, 0.1) is 6.92 Å². The lowest BCUT2D eigenvalue weighted by Crippen LogP contribution is -2.23. The van der Waals surface area contributed by atoms with Crippen molar-refractivity contribution in [2.45, 2.75) is 45.2 Å². The van der Waals surface area contributed by atoms with E-state index in [0.717, 1.165) is 29.8 Å². The van der Waals surface area contributed by atoms with Crippen LogP contribution in [0.1, 0.15) is 53.3 Å². The summed E-state index contributed by atoms with van der Waals surface area (Å²) in [6.07, 6.45) is 6.11. The number of nitrogens with zero attached hydrogens (tertiary/aromatic N) is 3. The second-order valence-corrected chi connectivity index (χ2v) is 7.21. The number of ether oxygens (including phenoxy) is 1. The molecule has 0 radical (unpaired) electrons. The van der Waals surface area contributed by atoms with E-state index in [4.69, 9.17) is 4.74 Å². The normalized spacial score (nSPS) is 17.4. The molecular formula is C20H24N4O3. The van der Waals surface area contributed by atoms with E-state index in [1.54, 1.807) is 11.1 Å². The van der Waals surface area contributed by atoms with Crippen LogP contribution in [-0.4, -0.2) is 39.8 Å². The van der Waals surface area contributed by atoms with Gasteiger partial charge < -0.3 is 15.0 Å². The van der Waals surface area contributed by atoms with Gasteiger partial charge in [0.05, 0.1) is 24.3 Å². The summed E-state index contributed by atoms with van der Waals surface area (Å²) in [5, 5.41) is 7.38. The minimum atomic E-state index is -0.276. The summed E-state index contributed by atoms with van der Waals surface area (Å²) in [6.45, 7) is 3.53. The van der Waals surface area contributed by atoms with Crippen LogP contribution in [0.15, 0.2) is 30.5 Å². The lowest BCUT2D eigenvalue weighted by Gasteiger charge is -2.13. The summed E-state index contributed by atoms with van der Waals surface area (Å²) in [5.41, 5.74) is 3.26. The lowest BCUT2D eigenvalue weighted by molar-refractivity contribution is 0.102. The SMILES string of the molecule is Cc1c(C(=O)Nc2ccc(CN3CCOC3=O)cc2)cnn1C1CCCC1. The first kappa shape index (κ1) is 17.6. The zero-order valence-corrected chi connectivity index (χ0v) is 15.5. The van der Waals surface area contributed by atoms with E-state index >= 15 is 0 Å². The number of hydrogen-bond donors (Lipinski definition) is 1. The molecule has 2 amide bonds. The van der Waals surface area contributed by atoms with Crippen molar-refractivity contribution in [3.8, 4) is 0 Å². The summed E-state index contributed by atoms with van der Waals surface area (Å²) in [7, 11) is 0. The number of cyclic esters (lactones) is 1. The molecule has 1 aromatic carbocycles. The maximum absolute atomic E-state index is 12.6. The van der Waals surface area contributed by atoms with Crippen molar-refractivity contribution in [2.75, 3.05) is 18.5 Å². The van der Waals surface area contributed by atoms with Crippen molar-refractivity contribution < 1.29 is 14.3 Å². The zero-order valence-electron chi connectivity index (χ0n) is 15.5. The largest absolute Gasteiger partial charge is 0.448 e. The molecule has 0 unspecified atom stereocenters. The van der Waals surface area contributed by atoms with Crippen molar-refractivity contribution in [3.05, 3.63) is 47.3 Å². The molecule has 1 aliphatic heterocycles. The van der Waals surface area contributed by atoms with E-state index in [1.807, 2.05) is 35.9 Å². The van der Waals surface area contributed by atoms with Crippen molar-refractivity contribution in [3.63, 3.8) is 0 Å². The Bertz CT molecular complexity index is 837. The average Bonchev–Trinajstić information content (AvgIpc) is 3.39. The molecule has 0 spiro atoms. The van der Waals surface area contributed by atoms with Crippen LogP contribution in [0.5, 0.6) is 0 Å². The second-order valence-electron chi connectivity index (χ2n) is 7.21. The number of carbonyl (C=O) groups excluding carboxylic acids is 2. The van der Waals surface area contributed by atoms with E-state index in [2.05, 4.69) is 10.4 Å². The number of benzene rings is 1. The van der Waals surface area contributed by atoms with Gasteiger partial charge in [-0.15, -0.1) is 0 Å². The number of anilines is 1. The van der Waals surface area contributed by atoms with E-state index < -0.39 is 0 Å². The molecule has 142 valence electrons. The highest BCUT2D eigenvalue weighted by molar-refractivity contribution is 6.04. The van der Waals surface area contributed by atoms with Gasteiger partial charge in [0.15, 0.2) is 0 Å². The fourth-order valence-corrected chi connectivity index (χ4v) is 3.84. The van der Waals surface area contributed by atoms with Gasteiger partial charge in [-0.05, 0) is 37.5 Å². The fraction of sp³-hybridized carbons (Fsp3) is 0.450. The molecule has 27 heavy (non-hydrogen) atoms. The Labute approximate surface area is 158 Å². The maximum atomic E-state index is 12.6. The molecule has 0 bridgehead atoms. The average molecular weight is 368 g/mol. The summed E-state index contributed by atoms with van der Waals surface area (Å²) < 4.78 is 6.94. The molecule has 1 N–H and O–H groups in total. The van der Waals surface area contributed by atoms with Gasteiger partial charge in [-0.2, -0.15) is 5.10 Å². The quantitative estimate of drug-likeness (QED) is 0.876. The number of rotatable bonds is 5. The Morgan fingerprint density at radius 1 is 1.26 bits per heavy atom. The molecule has 4 rings (SSSR count). The second kappa shape index (κ2) is 7.42. The summed E-state index contributed by atoms with van der Waals surface area (Å²) in [6, 6.07) is 7.95. The van der Waals surface area contributed by atoms with Gasteiger partial charge in [0.2, 0.25) is 0 Å². The van der Waals surface area contributed by atoms with Gasteiger partial charge in [0, 0.05) is 17.9 Å². The van der Waals surface area contributed by atoms with E-state index in [0.29, 0.717) is 31.3 Å². The summed E-state index contributed by atoms with van der Waals surface area (Å²) in [5.74, 6) is -0.146. The molecule has 7 heteroatoms. The highest BCUT2D eigenvalue weighted by atomic mass is 16.6. The van der Waals surface area contributed by atoms with Crippen LogP contribution >= 0.6 is 0 Å². The molecule has 2 heterocycles. The Morgan fingerprint density at radius 3 is 2.67 bits per heavy atom. The molecule has 2 aromatic rings. The standard InChI is InChI=1S/C20H24N4O3/c1-14-18(12-21-24(14)17-4-2-3-5-17)19(25)22-16-8-6-15(7-9-16)13-23-10-11-27-20(23)26/h6-9,12,17H,2-5,10-11,13H2,1H3,(H,22,25). The van der Waals surface area contributed by atoms with Crippen LogP contribution < -0.4 is 5.32 Å². The van der Waals surface area contributed by atoms with Gasteiger partial charge in [0.1, 0.15) is 6.61 Å². The predicted molar refractivity (Wildman–Crippen MR) is 101 cm³/mol. The van der Waals surface area contributed by atoms with E-state index in [1.165, 1.54) is 12.8 Å². The lowest BCUT2D eigenvalue weighted by atomic mass is 10.1. The topological polar surface area (TPSA) is 76.5 Å². The van der Waals surface area contributed by atoms with Crippen molar-refractivity contribution >= 4 is 17.7 Å². The van der Waals surface area contributed by atoms with Crippen LogP contribution in [0.4, 0.5) is 10.5 Å². The Balaban J connectivity index is 1.40. The number of aromatic nitrogens is 2. The first-order valence-electron chi connectivity index (χ1n) is 9.48. The Morgan fingerprint density at radius 2 is 2.00 bits per heavy atom. The van der Waals surface area contributed by atoms with Crippen molar-refractivity contribution in [2.24, 2.45) is 0 Å². The fourth-order valence-electron chi connectivity index (χ4n) is 3.84. The first-order valence-corrected chi connectivity index (χ1v) is 9.48. The molecule has 1 aliphatic carbocycles. The van der Waals surface area contributed by atoms with Crippen molar-refractivity contribution in [1.29, 1.82) is 0 Å². The maximum Gasteiger partial charge on any atom is 0.410 e. The predicted octanol–water partition coefficient (Wildman–Crippen LogP) is 3.51. The summed E-state index contributed by atoms with van der Waals surface area (Å²) in [4.78, 5) is 25.8. The third kappa shape index (κ3) is 3.67. The number of nitrogens with one attached hydrogen (secondary N) is 1. The molecule has 7 nitrogen and oxygen atoms in total. The third-order valence-electron chi connectivity index (χ3n) is 5.39. The molecule has 1 aromatic heterocycles. The molecule has 1 saturated carbocycles. The van der Waals surface area contributed by atoms with Gasteiger partial charge in [-0.3, -0.25) is 9.48 Å². The number of hydrogen-bond acceptors (Lipinski definition) is 4. The molecular weight excluding hydrogens is 344 g/mol. The highest BCUT2D eigenvalue weighted by Crippen LogP contribution is 2.30. The molecule has 1 saturated heterocycles. The van der Waals surface area contributed by atoms with E-state index in [-0.39, 0.29) is 12.0 Å². The molecule has 2 fully saturated rings. The minimum Gasteiger partial charge on any atom is -0.448 e. The summed E-state index contributed by atoms with van der Waals surface area (Å²) >= 11 is 0. The zero-order chi connectivity index (χ0) is 18.8. The smallest absolute Gasteiger partial charge is 0.410 e. The van der Waals surface area contributed by atoms with Gasteiger partial charge >= 0.3 is 6.09 Å². The van der Waals surface area contributed by atoms with Gasteiger partial charge in [-0.1, -0.05) is 25.0 Å². The number of amides is 2. The molecule has 0 atom stereocenters.